The molecular formula is C13H12N2O2S. The minimum Gasteiger partial charge on any atom is -0.508 e. The average molecular weight is 260 g/mol. The number of benzene rings is 1. The fourth-order valence-corrected chi connectivity index (χ4v) is 1.80. The Morgan fingerprint density at radius 1 is 1.28 bits per heavy atom. The molecule has 0 fully saturated rings. The Morgan fingerprint density at radius 2 is 1.94 bits per heavy atom. The van der Waals surface area contributed by atoms with Crippen LogP contribution in [0.4, 0.5) is 0 Å². The highest BCUT2D eigenvalue weighted by atomic mass is 32.1. The molecule has 0 saturated heterocycles. The van der Waals surface area contributed by atoms with Gasteiger partial charge in [0.15, 0.2) is 0 Å². The summed E-state index contributed by atoms with van der Waals surface area (Å²) in [4.78, 5) is 12.1. The molecule has 0 spiro atoms. The summed E-state index contributed by atoms with van der Waals surface area (Å²) in [7, 11) is 0. The van der Waals surface area contributed by atoms with Crippen molar-refractivity contribution < 1.29 is 5.11 Å². The van der Waals surface area contributed by atoms with E-state index in [-0.39, 0.29) is 16.3 Å². The Balaban J connectivity index is 2.35. The first-order chi connectivity index (χ1) is 8.58. The summed E-state index contributed by atoms with van der Waals surface area (Å²) in [6, 6.07) is 10.0. The second kappa shape index (κ2) is 5.01. The van der Waals surface area contributed by atoms with Crippen molar-refractivity contribution in [2.45, 2.75) is 6.54 Å². The molecule has 0 amide bonds. The van der Waals surface area contributed by atoms with Crippen LogP contribution in [0.25, 0.3) is 0 Å². The van der Waals surface area contributed by atoms with Crippen LogP contribution in [-0.4, -0.2) is 14.7 Å². The minimum atomic E-state index is -0.210. The summed E-state index contributed by atoms with van der Waals surface area (Å²) in [5, 5.41) is 9.19. The van der Waals surface area contributed by atoms with E-state index in [1.54, 1.807) is 42.6 Å². The number of pyridine rings is 1. The first-order valence-corrected chi connectivity index (χ1v) is 5.76. The van der Waals surface area contributed by atoms with Crippen LogP contribution in [0.1, 0.15) is 11.1 Å². The van der Waals surface area contributed by atoms with Crippen molar-refractivity contribution in [3.63, 3.8) is 0 Å². The van der Waals surface area contributed by atoms with Crippen LogP contribution in [0.2, 0.25) is 0 Å². The molecule has 0 radical (unpaired) electrons. The Hall–Kier alpha value is -2.14. The zero-order valence-electron chi connectivity index (χ0n) is 9.54. The first-order valence-electron chi connectivity index (χ1n) is 5.35. The zero-order valence-corrected chi connectivity index (χ0v) is 10.4. The van der Waals surface area contributed by atoms with Gasteiger partial charge in [-0.05, 0) is 29.8 Å². The Kier molecular flexibility index (Phi) is 3.43. The van der Waals surface area contributed by atoms with Gasteiger partial charge >= 0.3 is 0 Å². The second-order valence-corrected chi connectivity index (χ2v) is 4.33. The summed E-state index contributed by atoms with van der Waals surface area (Å²) < 4.78 is 1.53. The lowest BCUT2D eigenvalue weighted by molar-refractivity contribution is 0.475. The lowest BCUT2D eigenvalue weighted by Gasteiger charge is -2.07. The third kappa shape index (κ3) is 2.57. The molecule has 2 rings (SSSR count). The monoisotopic (exact) mass is 260 g/mol. The van der Waals surface area contributed by atoms with Crippen molar-refractivity contribution in [2.24, 2.45) is 5.73 Å². The molecule has 5 heteroatoms. The van der Waals surface area contributed by atoms with Crippen molar-refractivity contribution in [1.82, 2.24) is 4.57 Å². The number of hydrogen-bond donors (Lipinski definition) is 2. The van der Waals surface area contributed by atoms with Crippen LogP contribution >= 0.6 is 12.2 Å². The standard InChI is InChI=1S/C13H12N2O2S/c14-12(18)11-2-1-7-15(13(11)17)8-9-3-5-10(16)6-4-9/h1-7,16H,8H2,(H2,14,18). The molecule has 0 bridgehead atoms. The predicted octanol–water partition coefficient (Wildman–Crippen LogP) is 1.24. The van der Waals surface area contributed by atoms with E-state index in [0.29, 0.717) is 12.1 Å². The Bertz CT molecular complexity index is 632. The molecule has 0 unspecified atom stereocenters. The van der Waals surface area contributed by atoms with Crippen LogP contribution in [0.5, 0.6) is 5.75 Å². The van der Waals surface area contributed by atoms with Gasteiger partial charge in [0.2, 0.25) is 0 Å². The Labute approximate surface area is 109 Å². The van der Waals surface area contributed by atoms with Crippen LogP contribution < -0.4 is 11.3 Å². The lowest BCUT2D eigenvalue weighted by Crippen LogP contribution is -2.28. The van der Waals surface area contributed by atoms with Gasteiger partial charge in [-0.3, -0.25) is 4.79 Å². The maximum atomic E-state index is 12.0. The van der Waals surface area contributed by atoms with Gasteiger partial charge in [-0.25, -0.2) is 0 Å². The fraction of sp³-hybridized carbons (Fsp3) is 0.0769. The number of phenolic OH excluding ortho intramolecular Hbond substituents is 1. The first kappa shape index (κ1) is 12.3. The van der Waals surface area contributed by atoms with Gasteiger partial charge < -0.3 is 15.4 Å². The summed E-state index contributed by atoms with van der Waals surface area (Å²) >= 11 is 4.82. The number of aromatic nitrogens is 1. The number of nitrogens with two attached hydrogens (primary N) is 1. The summed E-state index contributed by atoms with van der Waals surface area (Å²) in [5.74, 6) is 0.197. The van der Waals surface area contributed by atoms with E-state index < -0.39 is 0 Å². The van der Waals surface area contributed by atoms with E-state index in [2.05, 4.69) is 0 Å². The topological polar surface area (TPSA) is 68.2 Å². The van der Waals surface area contributed by atoms with Gasteiger partial charge in [-0.15, -0.1) is 0 Å². The fourth-order valence-electron chi connectivity index (χ4n) is 1.65. The largest absolute Gasteiger partial charge is 0.508 e. The minimum absolute atomic E-state index is 0.0973. The van der Waals surface area contributed by atoms with E-state index >= 15 is 0 Å². The van der Waals surface area contributed by atoms with Crippen LogP contribution in [-0.2, 0) is 6.54 Å². The smallest absolute Gasteiger partial charge is 0.261 e. The molecule has 4 nitrogen and oxygen atoms in total. The van der Waals surface area contributed by atoms with Crippen LogP contribution in [0.3, 0.4) is 0 Å². The normalized spacial score (nSPS) is 10.2. The molecular weight excluding hydrogens is 248 g/mol. The molecule has 0 aliphatic rings. The summed E-state index contributed by atoms with van der Waals surface area (Å²) in [6.45, 7) is 0.412. The molecule has 0 saturated carbocycles. The predicted molar refractivity (Wildman–Crippen MR) is 73.8 cm³/mol. The highest BCUT2D eigenvalue weighted by Crippen LogP contribution is 2.10. The van der Waals surface area contributed by atoms with Crippen molar-refractivity contribution in [3.8, 4) is 5.75 Å². The van der Waals surface area contributed by atoms with E-state index in [0.717, 1.165) is 5.56 Å². The number of phenols is 1. The van der Waals surface area contributed by atoms with E-state index in [4.69, 9.17) is 18.0 Å². The molecule has 18 heavy (non-hydrogen) atoms. The molecule has 1 aromatic carbocycles. The van der Waals surface area contributed by atoms with Crippen molar-refractivity contribution >= 4 is 17.2 Å². The third-order valence-corrected chi connectivity index (χ3v) is 2.79. The van der Waals surface area contributed by atoms with Gasteiger partial charge in [0.1, 0.15) is 10.7 Å². The third-order valence-electron chi connectivity index (χ3n) is 2.57. The Morgan fingerprint density at radius 3 is 2.56 bits per heavy atom. The number of aromatic hydroxyl groups is 1. The molecule has 1 heterocycles. The maximum absolute atomic E-state index is 12.0. The average Bonchev–Trinajstić information content (AvgIpc) is 2.34. The zero-order chi connectivity index (χ0) is 13.1. The molecule has 3 N–H and O–H groups in total. The quantitative estimate of drug-likeness (QED) is 0.815. The number of thiocarbonyl (C=S) groups is 1. The number of nitrogens with zero attached hydrogens (tertiary/aromatic N) is 1. The molecule has 0 atom stereocenters. The van der Waals surface area contributed by atoms with Gasteiger partial charge in [-0.2, -0.15) is 0 Å². The van der Waals surface area contributed by atoms with Crippen molar-refractivity contribution in [1.29, 1.82) is 0 Å². The molecule has 0 aliphatic heterocycles. The summed E-state index contributed by atoms with van der Waals surface area (Å²) in [5.41, 5.74) is 6.52. The molecule has 0 aliphatic carbocycles. The van der Waals surface area contributed by atoms with Crippen molar-refractivity contribution in [2.75, 3.05) is 0 Å². The SMILES string of the molecule is NC(=S)c1cccn(Cc2ccc(O)cc2)c1=O. The van der Waals surface area contributed by atoms with Crippen LogP contribution in [0, 0.1) is 0 Å². The highest BCUT2D eigenvalue weighted by Gasteiger charge is 2.05. The lowest BCUT2D eigenvalue weighted by atomic mass is 10.2. The summed E-state index contributed by atoms with van der Waals surface area (Å²) in [6.07, 6.45) is 1.68. The second-order valence-electron chi connectivity index (χ2n) is 3.89. The number of rotatable bonds is 3. The van der Waals surface area contributed by atoms with Crippen molar-refractivity contribution in [3.05, 3.63) is 64.1 Å². The van der Waals surface area contributed by atoms with Gasteiger partial charge in [0.05, 0.1) is 12.1 Å². The van der Waals surface area contributed by atoms with E-state index in [1.807, 2.05) is 0 Å². The van der Waals surface area contributed by atoms with Gasteiger partial charge in [0, 0.05) is 6.20 Å². The van der Waals surface area contributed by atoms with E-state index in [1.165, 1.54) is 4.57 Å². The van der Waals surface area contributed by atoms with Gasteiger partial charge in [-0.1, -0.05) is 24.4 Å². The number of hydrogen-bond acceptors (Lipinski definition) is 3. The molecule has 2 aromatic rings. The highest BCUT2D eigenvalue weighted by molar-refractivity contribution is 7.80. The van der Waals surface area contributed by atoms with E-state index in [9.17, 15) is 9.90 Å². The molecule has 92 valence electrons. The molecule has 1 aromatic heterocycles. The van der Waals surface area contributed by atoms with Gasteiger partial charge in [0.25, 0.3) is 5.56 Å². The van der Waals surface area contributed by atoms with Crippen LogP contribution in [0.15, 0.2) is 47.4 Å². The maximum Gasteiger partial charge on any atom is 0.261 e.